The molecule has 2 aromatic rings. The lowest BCUT2D eigenvalue weighted by atomic mass is 9.95. The molecule has 0 radical (unpaired) electrons. The van der Waals surface area contributed by atoms with E-state index >= 15 is 0 Å². The molecule has 0 fully saturated rings. The molecule has 0 saturated heterocycles. The average Bonchev–Trinajstić information content (AvgIpc) is 2.48. The third-order valence-corrected chi connectivity index (χ3v) is 3.97. The van der Waals surface area contributed by atoms with Crippen molar-refractivity contribution >= 4 is 29.1 Å². The molecule has 0 heterocycles. The van der Waals surface area contributed by atoms with Crippen molar-refractivity contribution in [1.29, 1.82) is 0 Å². The summed E-state index contributed by atoms with van der Waals surface area (Å²) in [6, 6.07) is 11.7. The van der Waals surface area contributed by atoms with Gasteiger partial charge in [-0.25, -0.2) is 4.39 Å². The second kappa shape index (κ2) is 7.12. The maximum absolute atomic E-state index is 13.6. The van der Waals surface area contributed by atoms with Gasteiger partial charge in [-0.15, -0.1) is 0 Å². The van der Waals surface area contributed by atoms with Crippen LogP contribution in [0.1, 0.15) is 35.8 Å². The van der Waals surface area contributed by atoms with Gasteiger partial charge in [0.2, 0.25) is 0 Å². The minimum atomic E-state index is -0.669. The number of carbonyl (C=O) groups excluding carboxylic acids is 1. The van der Waals surface area contributed by atoms with E-state index in [0.717, 1.165) is 11.6 Å². The van der Waals surface area contributed by atoms with Crippen molar-refractivity contribution in [2.24, 2.45) is 5.92 Å². The Labute approximate surface area is 139 Å². The van der Waals surface area contributed by atoms with Crippen LogP contribution in [0.25, 0.3) is 0 Å². The molecular formula is C17H16Cl2FNO. The van der Waals surface area contributed by atoms with Crippen molar-refractivity contribution in [2.75, 3.05) is 0 Å². The van der Waals surface area contributed by atoms with Gasteiger partial charge in [0.25, 0.3) is 5.91 Å². The molecule has 0 aliphatic carbocycles. The topological polar surface area (TPSA) is 29.1 Å². The molecule has 1 atom stereocenters. The summed E-state index contributed by atoms with van der Waals surface area (Å²) >= 11 is 11.6. The van der Waals surface area contributed by atoms with Gasteiger partial charge in [0.05, 0.1) is 21.7 Å². The molecule has 116 valence electrons. The van der Waals surface area contributed by atoms with Crippen LogP contribution in [0.4, 0.5) is 4.39 Å². The van der Waals surface area contributed by atoms with Crippen LogP contribution in [-0.4, -0.2) is 5.91 Å². The molecule has 1 amide bonds. The van der Waals surface area contributed by atoms with E-state index in [-0.39, 0.29) is 27.6 Å². The monoisotopic (exact) mass is 339 g/mol. The van der Waals surface area contributed by atoms with E-state index < -0.39 is 11.7 Å². The lowest BCUT2D eigenvalue weighted by molar-refractivity contribution is 0.0925. The summed E-state index contributed by atoms with van der Waals surface area (Å²) < 4.78 is 13.6. The van der Waals surface area contributed by atoms with Crippen LogP contribution < -0.4 is 5.32 Å². The number of hydrogen-bond acceptors (Lipinski definition) is 1. The van der Waals surface area contributed by atoms with Gasteiger partial charge < -0.3 is 5.32 Å². The van der Waals surface area contributed by atoms with Crippen molar-refractivity contribution < 1.29 is 9.18 Å². The van der Waals surface area contributed by atoms with Crippen molar-refractivity contribution in [3.8, 4) is 0 Å². The van der Waals surface area contributed by atoms with E-state index in [2.05, 4.69) is 5.32 Å². The molecule has 5 heteroatoms. The first-order valence-electron chi connectivity index (χ1n) is 6.90. The number of carbonyl (C=O) groups is 1. The Morgan fingerprint density at radius 1 is 1.09 bits per heavy atom. The summed E-state index contributed by atoms with van der Waals surface area (Å²) in [6.45, 7) is 4.00. The van der Waals surface area contributed by atoms with E-state index in [1.807, 2.05) is 44.2 Å². The molecule has 0 aliphatic heterocycles. The summed E-state index contributed by atoms with van der Waals surface area (Å²) in [7, 11) is 0. The summed E-state index contributed by atoms with van der Waals surface area (Å²) in [5.74, 6) is -0.928. The van der Waals surface area contributed by atoms with E-state index in [4.69, 9.17) is 23.2 Å². The van der Waals surface area contributed by atoms with Crippen LogP contribution in [0.15, 0.2) is 42.5 Å². The van der Waals surface area contributed by atoms with E-state index in [1.54, 1.807) is 0 Å². The fourth-order valence-corrected chi connectivity index (χ4v) is 2.68. The van der Waals surface area contributed by atoms with Gasteiger partial charge in [0.15, 0.2) is 0 Å². The van der Waals surface area contributed by atoms with Crippen LogP contribution in [0.2, 0.25) is 10.0 Å². The van der Waals surface area contributed by atoms with Gasteiger partial charge in [0.1, 0.15) is 5.82 Å². The van der Waals surface area contributed by atoms with Crippen LogP contribution in [0.3, 0.4) is 0 Å². The van der Waals surface area contributed by atoms with Gasteiger partial charge in [-0.1, -0.05) is 67.4 Å². The molecular weight excluding hydrogens is 324 g/mol. The molecule has 1 N–H and O–H groups in total. The van der Waals surface area contributed by atoms with Gasteiger partial charge in [-0.05, 0) is 23.6 Å². The van der Waals surface area contributed by atoms with Crippen LogP contribution in [-0.2, 0) is 0 Å². The first kappa shape index (κ1) is 16.8. The molecule has 22 heavy (non-hydrogen) atoms. The quantitative estimate of drug-likeness (QED) is 0.756. The first-order valence-corrected chi connectivity index (χ1v) is 7.66. The summed E-state index contributed by atoms with van der Waals surface area (Å²) in [5.41, 5.74) is 1.06. The second-order valence-electron chi connectivity index (χ2n) is 5.35. The molecule has 0 spiro atoms. The molecule has 1 unspecified atom stereocenters. The number of nitrogens with one attached hydrogen (secondary N) is 1. The fourth-order valence-electron chi connectivity index (χ4n) is 2.21. The van der Waals surface area contributed by atoms with E-state index in [1.165, 1.54) is 6.07 Å². The predicted molar refractivity (Wildman–Crippen MR) is 87.9 cm³/mol. The molecule has 2 aromatic carbocycles. The Bertz CT molecular complexity index is 674. The molecule has 0 saturated carbocycles. The van der Waals surface area contributed by atoms with Gasteiger partial charge in [0, 0.05) is 0 Å². The molecule has 0 aliphatic rings. The normalized spacial score (nSPS) is 12.3. The Morgan fingerprint density at radius 3 is 2.32 bits per heavy atom. The first-order chi connectivity index (χ1) is 10.4. The Hall–Kier alpha value is -1.58. The highest BCUT2D eigenvalue weighted by atomic mass is 35.5. The summed E-state index contributed by atoms with van der Waals surface area (Å²) in [6.07, 6.45) is 0. The second-order valence-corrected chi connectivity index (χ2v) is 6.17. The van der Waals surface area contributed by atoms with E-state index in [0.29, 0.717) is 0 Å². The number of amides is 1. The Balaban J connectivity index is 2.28. The number of hydrogen-bond donors (Lipinski definition) is 1. The SMILES string of the molecule is CC(C)C(NC(=O)c1cc(F)c(Cl)cc1Cl)c1ccccc1. The maximum atomic E-state index is 13.6. The van der Waals surface area contributed by atoms with Gasteiger partial charge >= 0.3 is 0 Å². The average molecular weight is 340 g/mol. The third kappa shape index (κ3) is 3.79. The summed E-state index contributed by atoms with van der Waals surface area (Å²) in [4.78, 5) is 12.4. The Morgan fingerprint density at radius 2 is 1.73 bits per heavy atom. The zero-order valence-electron chi connectivity index (χ0n) is 12.2. The number of rotatable bonds is 4. The van der Waals surface area contributed by atoms with E-state index in [9.17, 15) is 9.18 Å². The largest absolute Gasteiger partial charge is 0.345 e. The molecule has 0 bridgehead atoms. The smallest absolute Gasteiger partial charge is 0.253 e. The molecule has 0 aromatic heterocycles. The highest BCUT2D eigenvalue weighted by Crippen LogP contribution is 2.26. The van der Waals surface area contributed by atoms with Crippen molar-refractivity contribution in [3.05, 3.63) is 69.5 Å². The number of halogens is 3. The highest BCUT2D eigenvalue weighted by molar-refractivity contribution is 6.36. The minimum absolute atomic E-state index is 0.0742. The summed E-state index contributed by atoms with van der Waals surface area (Å²) in [5, 5.41) is 2.92. The van der Waals surface area contributed by atoms with Crippen LogP contribution >= 0.6 is 23.2 Å². The molecule has 2 nitrogen and oxygen atoms in total. The van der Waals surface area contributed by atoms with Crippen molar-refractivity contribution in [1.82, 2.24) is 5.32 Å². The highest BCUT2D eigenvalue weighted by Gasteiger charge is 2.21. The third-order valence-electron chi connectivity index (χ3n) is 3.37. The lowest BCUT2D eigenvalue weighted by Gasteiger charge is -2.23. The zero-order valence-corrected chi connectivity index (χ0v) is 13.8. The van der Waals surface area contributed by atoms with Crippen LogP contribution in [0.5, 0.6) is 0 Å². The lowest BCUT2D eigenvalue weighted by Crippen LogP contribution is -2.32. The van der Waals surface area contributed by atoms with Gasteiger partial charge in [-0.3, -0.25) is 4.79 Å². The van der Waals surface area contributed by atoms with Gasteiger partial charge in [-0.2, -0.15) is 0 Å². The minimum Gasteiger partial charge on any atom is -0.345 e. The predicted octanol–water partition coefficient (Wildman–Crippen LogP) is 5.26. The van der Waals surface area contributed by atoms with Crippen molar-refractivity contribution in [3.63, 3.8) is 0 Å². The maximum Gasteiger partial charge on any atom is 0.253 e. The molecule has 2 rings (SSSR count). The number of benzene rings is 2. The van der Waals surface area contributed by atoms with Crippen LogP contribution in [0, 0.1) is 11.7 Å². The Kier molecular flexibility index (Phi) is 5.43. The zero-order chi connectivity index (χ0) is 16.3. The standard InChI is InChI=1S/C17H16Cl2FNO/c1-10(2)16(11-6-4-3-5-7-11)21-17(22)12-8-15(20)14(19)9-13(12)18/h3-10,16H,1-2H3,(H,21,22). The fraction of sp³-hybridized carbons (Fsp3) is 0.235. The van der Waals surface area contributed by atoms with Crippen molar-refractivity contribution in [2.45, 2.75) is 19.9 Å².